The lowest BCUT2D eigenvalue weighted by Crippen LogP contribution is -2.04. The average Bonchev–Trinajstić information content (AvgIpc) is 2.22. The Morgan fingerprint density at radius 1 is 1.47 bits per heavy atom. The molecule has 0 aromatic heterocycles. The van der Waals surface area contributed by atoms with Crippen LogP contribution in [0.25, 0.3) is 0 Å². The van der Waals surface area contributed by atoms with E-state index in [9.17, 15) is 9.18 Å². The van der Waals surface area contributed by atoms with Gasteiger partial charge in [0, 0.05) is 10.9 Å². The van der Waals surface area contributed by atoms with Gasteiger partial charge in [-0.3, -0.25) is 4.79 Å². The maximum absolute atomic E-state index is 11.9. The van der Waals surface area contributed by atoms with Crippen molar-refractivity contribution in [3.8, 4) is 5.75 Å². The fourth-order valence-electron chi connectivity index (χ4n) is 1.08. The molecule has 0 aliphatic heterocycles. The number of rotatable bonds is 5. The molecule has 0 saturated heterocycles. The molecule has 0 unspecified atom stereocenters. The van der Waals surface area contributed by atoms with Crippen molar-refractivity contribution in [3.63, 3.8) is 0 Å². The molecule has 0 aliphatic rings. The average molecular weight is 340 g/mol. The summed E-state index contributed by atoms with van der Waals surface area (Å²) in [7, 11) is 0. The van der Waals surface area contributed by atoms with Gasteiger partial charge in [0.15, 0.2) is 0 Å². The van der Waals surface area contributed by atoms with Gasteiger partial charge < -0.3 is 4.74 Å². The first-order valence-corrected chi connectivity index (χ1v) is 6.13. The Labute approximate surface area is 104 Å². The number of ketones is 1. The van der Waals surface area contributed by atoms with E-state index < -0.39 is 6.86 Å². The largest absolute Gasteiger partial charge is 0.463 e. The highest BCUT2D eigenvalue weighted by Gasteiger charge is 2.06. The van der Waals surface area contributed by atoms with Crippen molar-refractivity contribution in [2.75, 3.05) is 12.2 Å². The summed E-state index contributed by atoms with van der Waals surface area (Å²) >= 11 is 6.40. The molecule has 1 aromatic rings. The van der Waals surface area contributed by atoms with Crippen molar-refractivity contribution in [1.82, 2.24) is 0 Å². The Kier molecular flexibility index (Phi) is 5.25. The zero-order valence-corrected chi connectivity index (χ0v) is 11.0. The second kappa shape index (κ2) is 6.23. The monoisotopic (exact) mass is 338 g/mol. The maximum Gasteiger partial charge on any atom is 0.228 e. The minimum atomic E-state index is -0.855. The third kappa shape index (κ3) is 3.91. The van der Waals surface area contributed by atoms with E-state index in [-0.39, 0.29) is 5.78 Å². The Balaban J connectivity index is 2.78. The number of Topliss-reactive ketones (excluding diaryl/α,β-unsaturated/α-hetero) is 1. The van der Waals surface area contributed by atoms with E-state index in [1.54, 1.807) is 18.2 Å². The first-order chi connectivity index (χ1) is 7.17. The molecule has 15 heavy (non-hydrogen) atoms. The van der Waals surface area contributed by atoms with Crippen molar-refractivity contribution in [1.29, 1.82) is 0 Å². The summed E-state index contributed by atoms with van der Waals surface area (Å²) in [6.45, 7) is -0.855. The number of hydrogen-bond donors (Lipinski definition) is 0. The van der Waals surface area contributed by atoms with Crippen LogP contribution in [0.1, 0.15) is 5.56 Å². The summed E-state index contributed by atoms with van der Waals surface area (Å²) in [5.74, 6) is 0.536. The summed E-state index contributed by atoms with van der Waals surface area (Å²) in [6, 6.07) is 5.03. The van der Waals surface area contributed by atoms with Gasteiger partial charge in [-0.25, -0.2) is 4.39 Å². The highest BCUT2D eigenvalue weighted by molar-refractivity contribution is 9.10. The number of alkyl halides is 2. The highest BCUT2D eigenvalue weighted by atomic mass is 79.9. The number of carbonyl (C=O) groups is 1. The van der Waals surface area contributed by atoms with Gasteiger partial charge in [0.1, 0.15) is 11.5 Å². The molecule has 1 aromatic carbocycles. The standard InChI is InChI=1S/C10H9Br2FO2/c11-5-8(14)3-7-1-2-9(15-6-13)4-10(7)12/h1-2,4H,3,5-6H2. The molecule has 5 heteroatoms. The lowest BCUT2D eigenvalue weighted by Gasteiger charge is -2.05. The van der Waals surface area contributed by atoms with E-state index in [0.717, 1.165) is 10.0 Å². The van der Waals surface area contributed by atoms with Crippen LogP contribution in [-0.4, -0.2) is 18.0 Å². The molecule has 0 radical (unpaired) electrons. The second-order valence-corrected chi connectivity index (χ2v) is 4.27. The molecular weight excluding hydrogens is 331 g/mol. The van der Waals surface area contributed by atoms with Gasteiger partial charge in [-0.1, -0.05) is 37.9 Å². The fourth-order valence-corrected chi connectivity index (χ4v) is 1.78. The molecule has 0 spiro atoms. The van der Waals surface area contributed by atoms with E-state index in [1.165, 1.54) is 0 Å². The molecule has 0 atom stereocenters. The highest BCUT2D eigenvalue weighted by Crippen LogP contribution is 2.23. The Morgan fingerprint density at radius 3 is 2.73 bits per heavy atom. The van der Waals surface area contributed by atoms with Crippen LogP contribution in [0.2, 0.25) is 0 Å². The maximum atomic E-state index is 11.9. The predicted molar refractivity (Wildman–Crippen MR) is 63.3 cm³/mol. The van der Waals surface area contributed by atoms with Gasteiger partial charge in [0.25, 0.3) is 0 Å². The van der Waals surface area contributed by atoms with E-state index in [4.69, 9.17) is 0 Å². The molecular formula is C10H9Br2FO2. The van der Waals surface area contributed by atoms with Crippen molar-refractivity contribution < 1.29 is 13.9 Å². The normalized spacial score (nSPS) is 10.1. The molecule has 0 amide bonds. The fraction of sp³-hybridized carbons (Fsp3) is 0.300. The quantitative estimate of drug-likeness (QED) is 0.770. The van der Waals surface area contributed by atoms with Gasteiger partial charge >= 0.3 is 0 Å². The predicted octanol–water partition coefficient (Wildman–Crippen LogP) is 3.26. The van der Waals surface area contributed by atoms with Crippen LogP contribution in [-0.2, 0) is 11.2 Å². The second-order valence-electron chi connectivity index (χ2n) is 2.86. The Morgan fingerprint density at radius 2 is 2.20 bits per heavy atom. The third-order valence-corrected chi connectivity index (χ3v) is 3.15. The van der Waals surface area contributed by atoms with Gasteiger partial charge in [-0.2, -0.15) is 0 Å². The van der Waals surface area contributed by atoms with Crippen LogP contribution < -0.4 is 4.74 Å². The number of halogens is 3. The van der Waals surface area contributed by atoms with Crippen LogP contribution in [0.4, 0.5) is 4.39 Å². The smallest absolute Gasteiger partial charge is 0.228 e. The lowest BCUT2D eigenvalue weighted by molar-refractivity contribution is -0.115. The molecule has 0 fully saturated rings. The topological polar surface area (TPSA) is 26.3 Å². The minimum absolute atomic E-state index is 0.0925. The SMILES string of the molecule is O=C(CBr)Cc1ccc(OCF)cc1Br. The molecule has 0 bridgehead atoms. The number of hydrogen-bond acceptors (Lipinski definition) is 2. The number of ether oxygens (including phenoxy) is 1. The van der Waals surface area contributed by atoms with Crippen molar-refractivity contribution >= 4 is 37.6 Å². The summed E-state index contributed by atoms with van der Waals surface area (Å²) in [5.41, 5.74) is 0.866. The molecule has 1 rings (SSSR count). The minimum Gasteiger partial charge on any atom is -0.463 e. The lowest BCUT2D eigenvalue weighted by atomic mass is 10.1. The summed E-state index contributed by atoms with van der Waals surface area (Å²) < 4.78 is 17.3. The summed E-state index contributed by atoms with van der Waals surface area (Å²) in [6.07, 6.45) is 0.349. The first kappa shape index (κ1) is 12.6. The van der Waals surface area contributed by atoms with E-state index in [2.05, 4.69) is 36.6 Å². The van der Waals surface area contributed by atoms with Crippen LogP contribution >= 0.6 is 31.9 Å². The summed E-state index contributed by atoms with van der Waals surface area (Å²) in [5, 5.41) is 0.335. The first-order valence-electron chi connectivity index (χ1n) is 4.22. The van der Waals surface area contributed by atoms with Crippen molar-refractivity contribution in [3.05, 3.63) is 28.2 Å². The van der Waals surface area contributed by atoms with Crippen LogP contribution in [0, 0.1) is 0 Å². The van der Waals surface area contributed by atoms with Crippen molar-refractivity contribution in [2.24, 2.45) is 0 Å². The summed E-state index contributed by atoms with van der Waals surface area (Å²) in [4.78, 5) is 11.2. The van der Waals surface area contributed by atoms with Crippen LogP contribution in [0.15, 0.2) is 22.7 Å². The van der Waals surface area contributed by atoms with Gasteiger partial charge in [-0.15, -0.1) is 0 Å². The van der Waals surface area contributed by atoms with Crippen LogP contribution in [0.3, 0.4) is 0 Å². The van der Waals surface area contributed by atoms with Gasteiger partial charge in [-0.05, 0) is 17.7 Å². The van der Waals surface area contributed by atoms with Gasteiger partial charge in [0.2, 0.25) is 6.86 Å². The molecule has 82 valence electrons. The molecule has 0 N–H and O–H groups in total. The zero-order chi connectivity index (χ0) is 11.3. The molecule has 2 nitrogen and oxygen atoms in total. The molecule has 0 saturated carbocycles. The number of carbonyl (C=O) groups excluding carboxylic acids is 1. The Hall–Kier alpha value is -0.420. The zero-order valence-electron chi connectivity index (χ0n) is 7.80. The van der Waals surface area contributed by atoms with Gasteiger partial charge in [0.05, 0.1) is 5.33 Å². The number of benzene rings is 1. The Bertz CT molecular complexity index is 355. The third-order valence-electron chi connectivity index (χ3n) is 1.78. The van der Waals surface area contributed by atoms with E-state index in [1.807, 2.05) is 0 Å². The van der Waals surface area contributed by atoms with E-state index >= 15 is 0 Å². The molecule has 0 heterocycles. The molecule has 0 aliphatic carbocycles. The van der Waals surface area contributed by atoms with E-state index in [0.29, 0.717) is 17.5 Å². The van der Waals surface area contributed by atoms with Crippen LogP contribution in [0.5, 0.6) is 5.75 Å². The van der Waals surface area contributed by atoms with Crippen molar-refractivity contribution in [2.45, 2.75) is 6.42 Å².